The Bertz CT molecular complexity index is 1230. The second kappa shape index (κ2) is 8.97. The van der Waals surface area contributed by atoms with E-state index in [0.717, 1.165) is 0 Å². The van der Waals surface area contributed by atoms with Gasteiger partial charge in [-0.05, 0) is 29.7 Å². The molecule has 2 aromatic carbocycles. The average molecular weight is 502 g/mol. The van der Waals surface area contributed by atoms with Crippen LogP contribution >= 0.6 is 23.2 Å². The monoisotopic (exact) mass is 501 g/mol. The van der Waals surface area contributed by atoms with Gasteiger partial charge >= 0.3 is 11.9 Å². The molecule has 2 aromatic rings. The summed E-state index contributed by atoms with van der Waals surface area (Å²) in [5.74, 6) is -3.45. The summed E-state index contributed by atoms with van der Waals surface area (Å²) in [7, 11) is -4.23. The van der Waals surface area contributed by atoms with Gasteiger partial charge in [-0.2, -0.15) is 4.31 Å². The van der Waals surface area contributed by atoms with E-state index in [0.29, 0.717) is 9.87 Å². The van der Waals surface area contributed by atoms with Crippen LogP contribution in [0.5, 0.6) is 5.75 Å². The Morgan fingerprint density at radius 3 is 2.47 bits per heavy atom. The number of ether oxygens (including phenoxy) is 2. The number of amides is 1. The Morgan fingerprint density at radius 1 is 1.16 bits per heavy atom. The summed E-state index contributed by atoms with van der Waals surface area (Å²) in [6.45, 7) is 2.02. The van der Waals surface area contributed by atoms with E-state index in [4.69, 9.17) is 37.8 Å². The summed E-state index contributed by atoms with van der Waals surface area (Å²) in [6.07, 6.45) is 0. The lowest BCUT2D eigenvalue weighted by Gasteiger charge is -2.16. The van der Waals surface area contributed by atoms with E-state index in [1.807, 2.05) is 13.8 Å². The van der Waals surface area contributed by atoms with E-state index in [9.17, 15) is 22.8 Å². The Labute approximate surface area is 193 Å². The molecule has 12 heteroatoms. The summed E-state index contributed by atoms with van der Waals surface area (Å²) in [6, 6.07) is 7.02. The third-order valence-electron chi connectivity index (χ3n) is 4.61. The molecule has 1 aliphatic heterocycles. The zero-order chi connectivity index (χ0) is 23.8. The zero-order valence-corrected chi connectivity index (χ0v) is 19.1. The number of carbonyl (C=O) groups is 3. The van der Waals surface area contributed by atoms with Crippen LogP contribution in [-0.2, 0) is 19.6 Å². The molecule has 0 atom stereocenters. The number of carboxylic acid groups (broad SMARTS) is 1. The highest BCUT2D eigenvalue weighted by molar-refractivity contribution is 7.90. The molecule has 0 aromatic heterocycles. The van der Waals surface area contributed by atoms with Crippen LogP contribution in [0.2, 0.25) is 10.0 Å². The predicted molar refractivity (Wildman–Crippen MR) is 114 cm³/mol. The number of nitrogens with zero attached hydrogens (tertiary/aromatic N) is 1. The highest BCUT2D eigenvalue weighted by Gasteiger charge is 2.43. The number of halogens is 2. The Kier molecular flexibility index (Phi) is 6.68. The minimum Gasteiger partial charge on any atom is -0.480 e. The number of fused-ring (bicyclic) bond motifs is 1. The summed E-state index contributed by atoms with van der Waals surface area (Å²) < 4.78 is 36.2. The van der Waals surface area contributed by atoms with Gasteiger partial charge < -0.3 is 14.6 Å². The van der Waals surface area contributed by atoms with Crippen molar-refractivity contribution in [3.8, 4) is 5.75 Å². The fourth-order valence-corrected chi connectivity index (χ4v) is 5.15. The topological polar surface area (TPSA) is 127 Å². The SMILES string of the molecule is CC(C)c1cccc2c1C(=O)N(COC(=O)c1c(Cl)ccc(OCC(=O)O)c1Cl)S2(=O)=O. The fraction of sp³-hybridized carbons (Fsp3) is 0.250. The third-order valence-corrected chi connectivity index (χ3v) is 7.05. The molecule has 1 amide bonds. The summed E-state index contributed by atoms with van der Waals surface area (Å²) >= 11 is 12.1. The first-order chi connectivity index (χ1) is 15.0. The van der Waals surface area contributed by atoms with Gasteiger partial charge in [0.2, 0.25) is 0 Å². The molecular formula is C20H17Cl2NO8S. The Balaban J connectivity index is 1.86. The minimum atomic E-state index is -4.23. The van der Waals surface area contributed by atoms with Crippen LogP contribution in [-0.4, -0.2) is 49.0 Å². The van der Waals surface area contributed by atoms with Crippen molar-refractivity contribution in [2.75, 3.05) is 13.3 Å². The number of benzene rings is 2. The number of esters is 1. The van der Waals surface area contributed by atoms with E-state index in [1.54, 1.807) is 6.07 Å². The molecule has 3 rings (SSSR count). The van der Waals surface area contributed by atoms with Gasteiger partial charge in [-0.25, -0.2) is 18.0 Å². The molecule has 0 aliphatic carbocycles. The first-order valence-corrected chi connectivity index (χ1v) is 11.4. The normalized spacial score (nSPS) is 14.4. The largest absolute Gasteiger partial charge is 0.480 e. The smallest absolute Gasteiger partial charge is 0.343 e. The van der Waals surface area contributed by atoms with Crippen LogP contribution in [0.4, 0.5) is 0 Å². The molecule has 0 unspecified atom stereocenters. The van der Waals surface area contributed by atoms with E-state index in [1.165, 1.54) is 24.3 Å². The van der Waals surface area contributed by atoms with Crippen LogP contribution in [0.15, 0.2) is 35.2 Å². The van der Waals surface area contributed by atoms with Crippen molar-refractivity contribution < 1.29 is 37.4 Å². The van der Waals surface area contributed by atoms with Gasteiger partial charge in [0.15, 0.2) is 13.3 Å². The molecule has 0 fully saturated rings. The molecular weight excluding hydrogens is 485 g/mol. The van der Waals surface area contributed by atoms with Crippen LogP contribution in [0.25, 0.3) is 0 Å². The van der Waals surface area contributed by atoms with Crippen molar-refractivity contribution in [2.24, 2.45) is 0 Å². The Hall–Kier alpha value is -2.82. The Morgan fingerprint density at radius 2 is 1.84 bits per heavy atom. The number of sulfonamides is 1. The molecule has 1 N–H and O–H groups in total. The van der Waals surface area contributed by atoms with Gasteiger partial charge in [0.25, 0.3) is 15.9 Å². The lowest BCUT2D eigenvalue weighted by Crippen LogP contribution is -2.33. The van der Waals surface area contributed by atoms with Gasteiger partial charge in [0, 0.05) is 0 Å². The lowest BCUT2D eigenvalue weighted by atomic mass is 9.97. The number of hydrogen-bond donors (Lipinski definition) is 1. The van der Waals surface area contributed by atoms with Gasteiger partial charge in [-0.15, -0.1) is 0 Å². The van der Waals surface area contributed by atoms with Crippen molar-refractivity contribution in [3.63, 3.8) is 0 Å². The van der Waals surface area contributed by atoms with Crippen LogP contribution in [0.1, 0.15) is 46.0 Å². The highest BCUT2D eigenvalue weighted by atomic mass is 35.5. The van der Waals surface area contributed by atoms with Crippen molar-refractivity contribution >= 4 is 51.1 Å². The summed E-state index contributed by atoms with van der Waals surface area (Å²) in [5, 5.41) is 8.28. The maximum Gasteiger partial charge on any atom is 0.343 e. The first-order valence-electron chi connectivity index (χ1n) is 9.16. The molecule has 0 saturated carbocycles. The molecule has 0 radical (unpaired) electrons. The number of aliphatic carboxylic acids is 1. The van der Waals surface area contributed by atoms with Crippen LogP contribution < -0.4 is 4.74 Å². The quantitative estimate of drug-likeness (QED) is 0.570. The van der Waals surface area contributed by atoms with E-state index in [-0.39, 0.29) is 37.7 Å². The second-order valence-corrected chi connectivity index (χ2v) is 9.63. The van der Waals surface area contributed by atoms with Crippen LogP contribution in [0, 0.1) is 0 Å². The van der Waals surface area contributed by atoms with Gasteiger partial charge in [0.05, 0.1) is 15.6 Å². The fourth-order valence-electron chi connectivity index (χ4n) is 3.11. The third kappa shape index (κ3) is 4.25. The second-order valence-electron chi connectivity index (χ2n) is 7.01. The average Bonchev–Trinajstić information content (AvgIpc) is 2.91. The number of carbonyl (C=O) groups excluding carboxylic acids is 2. The van der Waals surface area contributed by atoms with Gasteiger partial charge in [0.1, 0.15) is 16.2 Å². The number of carboxylic acids is 1. The van der Waals surface area contributed by atoms with Crippen molar-refractivity contribution in [3.05, 3.63) is 57.1 Å². The maximum atomic E-state index is 12.9. The molecule has 1 heterocycles. The van der Waals surface area contributed by atoms with Crippen molar-refractivity contribution in [2.45, 2.75) is 24.7 Å². The predicted octanol–water partition coefficient (Wildman–Crippen LogP) is 3.54. The van der Waals surface area contributed by atoms with E-state index in [2.05, 4.69) is 0 Å². The maximum absolute atomic E-state index is 12.9. The molecule has 32 heavy (non-hydrogen) atoms. The summed E-state index contributed by atoms with van der Waals surface area (Å²) in [4.78, 5) is 36.0. The number of hydrogen-bond acceptors (Lipinski definition) is 7. The minimum absolute atomic E-state index is 0.0404. The molecule has 0 saturated heterocycles. The highest BCUT2D eigenvalue weighted by Crippen LogP contribution is 2.36. The standard InChI is InChI=1S/C20H17Cl2NO8S/c1-10(2)11-4-3-5-14-16(11)19(26)23(32(14,28)29)9-31-20(27)17-12(21)6-7-13(18(17)22)30-8-15(24)25/h3-7,10H,8-9H2,1-2H3,(H,24,25). The van der Waals surface area contributed by atoms with E-state index >= 15 is 0 Å². The van der Waals surface area contributed by atoms with Crippen molar-refractivity contribution in [1.29, 1.82) is 0 Å². The lowest BCUT2D eigenvalue weighted by molar-refractivity contribution is -0.139. The van der Waals surface area contributed by atoms with Gasteiger partial charge in [-0.1, -0.05) is 49.2 Å². The first kappa shape index (κ1) is 23.8. The van der Waals surface area contributed by atoms with Crippen molar-refractivity contribution in [1.82, 2.24) is 4.31 Å². The summed E-state index contributed by atoms with van der Waals surface area (Å²) in [5.41, 5.74) is 0.235. The zero-order valence-electron chi connectivity index (χ0n) is 16.8. The molecule has 1 aliphatic rings. The molecule has 170 valence electrons. The van der Waals surface area contributed by atoms with E-state index < -0.39 is 41.2 Å². The molecule has 0 bridgehead atoms. The van der Waals surface area contributed by atoms with Gasteiger partial charge in [-0.3, -0.25) is 4.79 Å². The van der Waals surface area contributed by atoms with Crippen LogP contribution in [0.3, 0.4) is 0 Å². The number of rotatable bonds is 7. The molecule has 9 nitrogen and oxygen atoms in total. The molecule has 0 spiro atoms.